The standard InChI is InChI=1S/C15H17N5O/c16-5-11-6-17-20(8-11)14-3-4-19(10-14)9-13-7-18-21-15(13)12-1-2-12/h6-8,12,14H,1-4,9-10H2. The van der Waals surface area contributed by atoms with Gasteiger partial charge in [0, 0.05) is 37.3 Å². The molecule has 1 unspecified atom stereocenters. The van der Waals surface area contributed by atoms with Gasteiger partial charge < -0.3 is 4.52 Å². The molecule has 0 aromatic carbocycles. The molecule has 6 nitrogen and oxygen atoms in total. The van der Waals surface area contributed by atoms with Crippen molar-refractivity contribution in [2.75, 3.05) is 13.1 Å². The minimum Gasteiger partial charge on any atom is -0.361 e. The molecule has 3 heterocycles. The fourth-order valence-electron chi connectivity index (χ4n) is 3.08. The largest absolute Gasteiger partial charge is 0.361 e. The van der Waals surface area contributed by atoms with Crippen molar-refractivity contribution in [2.45, 2.75) is 37.8 Å². The number of hydrogen-bond donors (Lipinski definition) is 0. The summed E-state index contributed by atoms with van der Waals surface area (Å²) < 4.78 is 7.32. The van der Waals surface area contributed by atoms with Gasteiger partial charge in [0.05, 0.1) is 24.0 Å². The number of aromatic nitrogens is 3. The van der Waals surface area contributed by atoms with Crippen molar-refractivity contribution in [3.8, 4) is 6.07 Å². The lowest BCUT2D eigenvalue weighted by Gasteiger charge is -2.15. The Labute approximate surface area is 122 Å². The van der Waals surface area contributed by atoms with Crippen LogP contribution in [0.3, 0.4) is 0 Å². The van der Waals surface area contributed by atoms with Crippen LogP contribution >= 0.6 is 0 Å². The Hall–Kier alpha value is -2.13. The van der Waals surface area contributed by atoms with E-state index >= 15 is 0 Å². The molecule has 0 radical (unpaired) electrons. The molecule has 2 aliphatic rings. The molecule has 6 heteroatoms. The van der Waals surface area contributed by atoms with Gasteiger partial charge in [-0.2, -0.15) is 10.4 Å². The van der Waals surface area contributed by atoms with E-state index in [1.54, 1.807) is 6.20 Å². The summed E-state index contributed by atoms with van der Waals surface area (Å²) in [6.45, 7) is 2.90. The molecule has 1 aliphatic carbocycles. The first kappa shape index (κ1) is 12.6. The molecular formula is C15H17N5O. The van der Waals surface area contributed by atoms with Crippen LogP contribution in [-0.4, -0.2) is 32.9 Å². The summed E-state index contributed by atoms with van der Waals surface area (Å²) in [5, 5.41) is 17.1. The third-order valence-corrected chi connectivity index (χ3v) is 4.37. The molecule has 2 fully saturated rings. The Morgan fingerprint density at radius 3 is 3.00 bits per heavy atom. The second kappa shape index (κ2) is 5.01. The average Bonchev–Trinajstić information content (AvgIpc) is 2.96. The van der Waals surface area contributed by atoms with Crippen LogP contribution in [0, 0.1) is 11.3 Å². The maximum atomic E-state index is 8.87. The van der Waals surface area contributed by atoms with Gasteiger partial charge in [0.1, 0.15) is 11.8 Å². The van der Waals surface area contributed by atoms with Crippen molar-refractivity contribution < 1.29 is 4.52 Å². The van der Waals surface area contributed by atoms with Gasteiger partial charge in [-0.15, -0.1) is 0 Å². The molecule has 2 aromatic rings. The molecule has 21 heavy (non-hydrogen) atoms. The van der Waals surface area contributed by atoms with Crippen LogP contribution in [0.15, 0.2) is 23.1 Å². The predicted octanol–water partition coefficient (Wildman–Crippen LogP) is 2.07. The van der Waals surface area contributed by atoms with Crippen molar-refractivity contribution in [3.05, 3.63) is 35.5 Å². The molecule has 0 amide bonds. The number of hydrogen-bond acceptors (Lipinski definition) is 5. The summed E-state index contributed by atoms with van der Waals surface area (Å²) in [6.07, 6.45) is 8.86. The highest BCUT2D eigenvalue weighted by Gasteiger charge is 2.32. The topological polar surface area (TPSA) is 70.9 Å². The van der Waals surface area contributed by atoms with Crippen LogP contribution in [0.25, 0.3) is 0 Å². The Morgan fingerprint density at radius 1 is 1.33 bits per heavy atom. The molecule has 1 atom stereocenters. The molecule has 0 N–H and O–H groups in total. The second-order valence-electron chi connectivity index (χ2n) is 5.99. The SMILES string of the molecule is N#Cc1cnn(C2CCN(Cc3cnoc3C3CC3)C2)c1. The number of likely N-dealkylation sites (tertiary alicyclic amines) is 1. The first-order valence-corrected chi connectivity index (χ1v) is 7.43. The van der Waals surface area contributed by atoms with Gasteiger partial charge in [-0.3, -0.25) is 9.58 Å². The lowest BCUT2D eigenvalue weighted by molar-refractivity contribution is 0.307. The number of nitrogens with zero attached hydrogens (tertiary/aromatic N) is 5. The zero-order chi connectivity index (χ0) is 14.2. The summed E-state index contributed by atoms with van der Waals surface area (Å²) in [4.78, 5) is 2.41. The van der Waals surface area contributed by atoms with Crippen LogP contribution in [0.1, 0.15) is 48.1 Å². The van der Waals surface area contributed by atoms with Gasteiger partial charge in [-0.25, -0.2) is 0 Å². The van der Waals surface area contributed by atoms with Gasteiger partial charge in [0.25, 0.3) is 0 Å². The van der Waals surface area contributed by atoms with Gasteiger partial charge in [0.2, 0.25) is 0 Å². The van der Waals surface area contributed by atoms with E-state index in [-0.39, 0.29) is 0 Å². The maximum Gasteiger partial charge on any atom is 0.144 e. The van der Waals surface area contributed by atoms with E-state index in [1.807, 2.05) is 17.1 Å². The summed E-state index contributed by atoms with van der Waals surface area (Å²) in [7, 11) is 0. The number of rotatable bonds is 4. The zero-order valence-electron chi connectivity index (χ0n) is 11.8. The van der Waals surface area contributed by atoms with Crippen molar-refractivity contribution in [1.29, 1.82) is 5.26 Å². The third-order valence-electron chi connectivity index (χ3n) is 4.37. The third kappa shape index (κ3) is 2.45. The molecule has 108 valence electrons. The minimum atomic E-state index is 0.358. The molecule has 0 bridgehead atoms. The van der Waals surface area contributed by atoms with E-state index in [1.165, 1.54) is 18.4 Å². The minimum absolute atomic E-state index is 0.358. The summed E-state index contributed by atoms with van der Waals surface area (Å²) >= 11 is 0. The van der Waals surface area contributed by atoms with Crippen LogP contribution in [0.5, 0.6) is 0 Å². The van der Waals surface area contributed by atoms with E-state index in [9.17, 15) is 0 Å². The summed E-state index contributed by atoms with van der Waals surface area (Å²) in [5.74, 6) is 1.69. The molecule has 1 aliphatic heterocycles. The van der Waals surface area contributed by atoms with Crippen LogP contribution in [-0.2, 0) is 6.54 Å². The molecule has 0 spiro atoms. The molecule has 1 saturated carbocycles. The first-order valence-electron chi connectivity index (χ1n) is 7.43. The summed E-state index contributed by atoms with van der Waals surface area (Å²) in [6, 6.07) is 2.49. The molecule has 1 saturated heterocycles. The van der Waals surface area contributed by atoms with Gasteiger partial charge in [-0.1, -0.05) is 5.16 Å². The normalized spacial score (nSPS) is 22.5. The van der Waals surface area contributed by atoms with Gasteiger partial charge in [-0.05, 0) is 19.3 Å². The van der Waals surface area contributed by atoms with E-state index in [4.69, 9.17) is 9.78 Å². The maximum absolute atomic E-state index is 8.87. The Morgan fingerprint density at radius 2 is 2.24 bits per heavy atom. The average molecular weight is 283 g/mol. The monoisotopic (exact) mass is 283 g/mol. The van der Waals surface area contributed by atoms with E-state index in [2.05, 4.69) is 21.2 Å². The number of nitriles is 1. The van der Waals surface area contributed by atoms with Crippen molar-refractivity contribution in [3.63, 3.8) is 0 Å². The zero-order valence-corrected chi connectivity index (χ0v) is 11.8. The van der Waals surface area contributed by atoms with E-state index in [0.29, 0.717) is 17.5 Å². The highest BCUT2D eigenvalue weighted by Crippen LogP contribution is 2.42. The smallest absolute Gasteiger partial charge is 0.144 e. The van der Waals surface area contributed by atoms with E-state index in [0.717, 1.165) is 31.8 Å². The molecule has 4 rings (SSSR count). The van der Waals surface area contributed by atoms with Crippen molar-refractivity contribution in [2.24, 2.45) is 0 Å². The van der Waals surface area contributed by atoms with Crippen LogP contribution < -0.4 is 0 Å². The van der Waals surface area contributed by atoms with Crippen LogP contribution in [0.4, 0.5) is 0 Å². The lowest BCUT2D eigenvalue weighted by atomic mass is 10.2. The molecule has 2 aromatic heterocycles. The fourth-order valence-corrected chi connectivity index (χ4v) is 3.08. The molecular weight excluding hydrogens is 266 g/mol. The Balaban J connectivity index is 1.42. The highest BCUT2D eigenvalue weighted by atomic mass is 16.5. The van der Waals surface area contributed by atoms with Gasteiger partial charge >= 0.3 is 0 Å². The van der Waals surface area contributed by atoms with E-state index < -0.39 is 0 Å². The fraction of sp³-hybridized carbons (Fsp3) is 0.533. The first-order chi connectivity index (χ1) is 10.3. The van der Waals surface area contributed by atoms with Crippen molar-refractivity contribution >= 4 is 0 Å². The highest BCUT2D eigenvalue weighted by molar-refractivity contribution is 5.23. The summed E-state index contributed by atoms with van der Waals surface area (Å²) in [5.41, 5.74) is 1.86. The quantitative estimate of drug-likeness (QED) is 0.859. The lowest BCUT2D eigenvalue weighted by Crippen LogP contribution is -2.21. The van der Waals surface area contributed by atoms with Gasteiger partial charge in [0.15, 0.2) is 0 Å². The van der Waals surface area contributed by atoms with Crippen LogP contribution in [0.2, 0.25) is 0 Å². The predicted molar refractivity (Wildman–Crippen MR) is 74.4 cm³/mol. The van der Waals surface area contributed by atoms with Crippen molar-refractivity contribution in [1.82, 2.24) is 19.8 Å². The Bertz CT molecular complexity index is 678. The second-order valence-corrected chi connectivity index (χ2v) is 5.99. The Kier molecular flexibility index (Phi) is 3.00.